The summed E-state index contributed by atoms with van der Waals surface area (Å²) in [7, 11) is -2.98. The Bertz CT molecular complexity index is 357. The van der Waals surface area contributed by atoms with E-state index in [4.69, 9.17) is 5.73 Å². The number of nitrogens with two attached hydrogens (primary N) is 1. The van der Waals surface area contributed by atoms with Crippen molar-refractivity contribution in [2.75, 3.05) is 11.5 Å². The van der Waals surface area contributed by atoms with Crippen LogP contribution in [0.25, 0.3) is 0 Å². The molecule has 1 rings (SSSR count). The van der Waals surface area contributed by atoms with Gasteiger partial charge in [-0.1, -0.05) is 13.8 Å². The lowest BCUT2D eigenvalue weighted by atomic mass is 10.0. The van der Waals surface area contributed by atoms with Crippen molar-refractivity contribution in [1.29, 1.82) is 0 Å². The Balaban J connectivity index is 0.00000256. The van der Waals surface area contributed by atoms with E-state index in [1.54, 1.807) is 0 Å². The monoisotopic (exact) mass is 284 g/mol. The minimum atomic E-state index is -2.98. The van der Waals surface area contributed by atoms with Crippen LogP contribution in [0.2, 0.25) is 0 Å². The second-order valence-electron chi connectivity index (χ2n) is 4.73. The topological polar surface area (TPSA) is 89.3 Å². The minimum Gasteiger partial charge on any atom is -0.351 e. The molecule has 0 radical (unpaired) electrons. The van der Waals surface area contributed by atoms with E-state index < -0.39 is 15.9 Å². The minimum absolute atomic E-state index is 0. The highest BCUT2D eigenvalue weighted by Crippen LogP contribution is 2.12. The number of carbonyl (C=O) groups excluding carboxylic acids is 1. The fourth-order valence-electron chi connectivity index (χ4n) is 1.74. The number of nitrogens with one attached hydrogen (secondary N) is 1. The molecule has 3 N–H and O–H groups in total. The quantitative estimate of drug-likeness (QED) is 0.768. The predicted molar refractivity (Wildman–Crippen MR) is 69.9 cm³/mol. The van der Waals surface area contributed by atoms with Crippen molar-refractivity contribution >= 4 is 28.2 Å². The van der Waals surface area contributed by atoms with E-state index in [9.17, 15) is 13.2 Å². The van der Waals surface area contributed by atoms with Crippen LogP contribution >= 0.6 is 12.4 Å². The molecule has 7 heteroatoms. The molecule has 0 saturated carbocycles. The van der Waals surface area contributed by atoms with Crippen LogP contribution in [0.5, 0.6) is 0 Å². The molecule has 1 aliphatic rings. The van der Waals surface area contributed by atoms with Crippen LogP contribution in [-0.2, 0) is 14.6 Å². The molecule has 0 aromatic rings. The summed E-state index contributed by atoms with van der Waals surface area (Å²) in [6.07, 6.45) is 1.33. The molecule has 1 saturated heterocycles. The van der Waals surface area contributed by atoms with Crippen molar-refractivity contribution in [1.82, 2.24) is 5.32 Å². The summed E-state index contributed by atoms with van der Waals surface area (Å²) >= 11 is 0. The molecule has 1 fully saturated rings. The zero-order valence-electron chi connectivity index (χ0n) is 10.2. The number of sulfone groups is 1. The molecular weight excluding hydrogens is 264 g/mol. The van der Waals surface area contributed by atoms with Crippen molar-refractivity contribution in [3.63, 3.8) is 0 Å². The zero-order valence-corrected chi connectivity index (χ0v) is 11.8. The van der Waals surface area contributed by atoms with Crippen molar-refractivity contribution < 1.29 is 13.2 Å². The largest absolute Gasteiger partial charge is 0.351 e. The fraction of sp³-hybridized carbons (Fsp3) is 0.900. The Morgan fingerprint density at radius 3 is 2.47 bits per heavy atom. The highest BCUT2D eigenvalue weighted by Gasteiger charge is 2.27. The molecule has 0 aromatic carbocycles. The Morgan fingerprint density at radius 1 is 1.41 bits per heavy atom. The van der Waals surface area contributed by atoms with Crippen molar-refractivity contribution in [2.45, 2.75) is 38.8 Å². The van der Waals surface area contributed by atoms with E-state index in [1.807, 2.05) is 13.8 Å². The summed E-state index contributed by atoms with van der Waals surface area (Å²) in [4.78, 5) is 11.6. The maximum atomic E-state index is 11.6. The van der Waals surface area contributed by atoms with Crippen LogP contribution in [-0.4, -0.2) is 37.9 Å². The van der Waals surface area contributed by atoms with Gasteiger partial charge in [0.05, 0.1) is 17.5 Å². The highest BCUT2D eigenvalue weighted by molar-refractivity contribution is 7.91. The van der Waals surface area contributed by atoms with Crippen LogP contribution in [0, 0.1) is 5.92 Å². The van der Waals surface area contributed by atoms with Gasteiger partial charge in [-0.15, -0.1) is 12.4 Å². The van der Waals surface area contributed by atoms with Gasteiger partial charge < -0.3 is 11.1 Å². The Labute approximate surface area is 109 Å². The van der Waals surface area contributed by atoms with Gasteiger partial charge in [0.15, 0.2) is 9.84 Å². The van der Waals surface area contributed by atoms with E-state index in [-0.39, 0.29) is 41.8 Å². The smallest absolute Gasteiger partial charge is 0.237 e. The zero-order chi connectivity index (χ0) is 12.3. The van der Waals surface area contributed by atoms with Gasteiger partial charge in [0.25, 0.3) is 0 Å². The predicted octanol–water partition coefficient (Wildman–Crippen LogP) is 0.0849. The number of hydrogen-bond donors (Lipinski definition) is 2. The first-order chi connectivity index (χ1) is 7.32. The third-order valence-corrected chi connectivity index (χ3v) is 4.65. The third kappa shape index (κ3) is 5.23. The molecule has 1 amide bonds. The van der Waals surface area contributed by atoms with Crippen LogP contribution in [0.3, 0.4) is 0 Å². The fourth-order valence-corrected chi connectivity index (χ4v) is 3.37. The molecule has 1 aliphatic heterocycles. The summed E-state index contributed by atoms with van der Waals surface area (Å²) < 4.78 is 22.7. The number of carbonyl (C=O) groups is 1. The summed E-state index contributed by atoms with van der Waals surface area (Å²) in [5, 5.41) is 2.71. The van der Waals surface area contributed by atoms with Gasteiger partial charge in [0.2, 0.25) is 5.91 Å². The summed E-state index contributed by atoms with van der Waals surface area (Å²) in [5.41, 5.74) is 5.68. The highest BCUT2D eigenvalue weighted by atomic mass is 35.5. The van der Waals surface area contributed by atoms with Crippen molar-refractivity contribution in [3.05, 3.63) is 0 Å². The van der Waals surface area contributed by atoms with Gasteiger partial charge in [-0.3, -0.25) is 4.79 Å². The molecule has 1 unspecified atom stereocenters. The molecule has 0 bridgehead atoms. The van der Waals surface area contributed by atoms with Crippen molar-refractivity contribution in [2.24, 2.45) is 11.7 Å². The average molecular weight is 285 g/mol. The van der Waals surface area contributed by atoms with E-state index in [2.05, 4.69) is 5.32 Å². The molecule has 0 spiro atoms. The van der Waals surface area contributed by atoms with Crippen LogP contribution in [0.15, 0.2) is 0 Å². The second-order valence-corrected chi connectivity index (χ2v) is 6.96. The number of amides is 1. The molecule has 1 heterocycles. The van der Waals surface area contributed by atoms with Gasteiger partial charge in [0.1, 0.15) is 0 Å². The normalized spacial score (nSPS) is 24.8. The Hall–Kier alpha value is -0.330. The van der Waals surface area contributed by atoms with Gasteiger partial charge in [-0.25, -0.2) is 8.42 Å². The Kier molecular flexibility index (Phi) is 6.43. The van der Waals surface area contributed by atoms with Crippen LogP contribution in [0.4, 0.5) is 0 Å². The Morgan fingerprint density at radius 2 is 2.00 bits per heavy atom. The lowest BCUT2D eigenvalue weighted by molar-refractivity contribution is -0.123. The standard InChI is InChI=1S/C10H20N2O3S.ClH/c1-7(2)9(11)10(13)12-8-4-3-5-16(14,15)6-8;/h7-9H,3-6,11H2,1-2H3,(H,12,13);1H/t8?,9-;/m1./s1. The van der Waals surface area contributed by atoms with E-state index >= 15 is 0 Å². The molecule has 2 atom stereocenters. The first-order valence-corrected chi connectivity index (χ1v) is 7.40. The SMILES string of the molecule is CC(C)[C@@H](N)C(=O)NC1CCCS(=O)(=O)C1.Cl. The molecule has 102 valence electrons. The molecule has 0 aliphatic carbocycles. The second kappa shape index (κ2) is 6.56. The van der Waals surface area contributed by atoms with Crippen molar-refractivity contribution in [3.8, 4) is 0 Å². The van der Waals surface area contributed by atoms with E-state index in [0.717, 1.165) is 6.42 Å². The number of halogens is 1. The summed E-state index contributed by atoms with van der Waals surface area (Å²) in [6, 6.07) is -0.833. The maximum Gasteiger partial charge on any atom is 0.237 e. The number of rotatable bonds is 3. The first kappa shape index (κ1) is 16.7. The van der Waals surface area contributed by atoms with Crippen LogP contribution < -0.4 is 11.1 Å². The van der Waals surface area contributed by atoms with Gasteiger partial charge in [-0.05, 0) is 18.8 Å². The van der Waals surface area contributed by atoms with E-state index in [1.165, 1.54) is 0 Å². The first-order valence-electron chi connectivity index (χ1n) is 5.58. The lowest BCUT2D eigenvalue weighted by Crippen LogP contribution is -2.51. The molecular formula is C10H21ClN2O3S. The van der Waals surface area contributed by atoms with E-state index in [0.29, 0.717) is 6.42 Å². The summed E-state index contributed by atoms with van der Waals surface area (Å²) in [5.74, 6) is 0.0800. The van der Waals surface area contributed by atoms with Gasteiger partial charge in [-0.2, -0.15) is 0 Å². The molecule has 17 heavy (non-hydrogen) atoms. The van der Waals surface area contributed by atoms with Gasteiger partial charge in [0, 0.05) is 6.04 Å². The number of hydrogen-bond acceptors (Lipinski definition) is 4. The van der Waals surface area contributed by atoms with Gasteiger partial charge >= 0.3 is 0 Å². The average Bonchev–Trinajstić information content (AvgIpc) is 2.14. The molecule has 5 nitrogen and oxygen atoms in total. The molecule has 0 aromatic heterocycles. The summed E-state index contributed by atoms with van der Waals surface area (Å²) in [6.45, 7) is 3.73. The lowest BCUT2D eigenvalue weighted by Gasteiger charge is -2.25. The van der Waals surface area contributed by atoms with Crippen LogP contribution in [0.1, 0.15) is 26.7 Å². The maximum absolute atomic E-state index is 11.6. The third-order valence-electron chi connectivity index (χ3n) is 2.83.